The third-order valence-electron chi connectivity index (χ3n) is 4.96. The highest BCUT2D eigenvalue weighted by Crippen LogP contribution is 2.38. The second kappa shape index (κ2) is 6.48. The standard InChI is InChI=1S/C12H12N2S.C9H10/c1-7-6-14-9-2-3-10-8(4-5-15-10)11(9)12(7)13;1-2-5-9-7-3-6-8(9)4-1/h2-3,6H,4-5H2,1H3,(H2,13,14);1-2,4-5H,3,6-7H2. The number of nitrogen functional groups attached to an aromatic ring is 1. The zero-order valence-electron chi connectivity index (χ0n) is 14.0. The lowest BCUT2D eigenvalue weighted by Gasteiger charge is -2.08. The molecule has 0 spiro atoms. The van der Waals surface area contributed by atoms with Crippen molar-refractivity contribution in [3.8, 4) is 0 Å². The highest BCUT2D eigenvalue weighted by Gasteiger charge is 2.17. The highest BCUT2D eigenvalue weighted by atomic mass is 32.2. The van der Waals surface area contributed by atoms with E-state index in [2.05, 4.69) is 41.4 Å². The molecular formula is C21H22N2S. The summed E-state index contributed by atoms with van der Waals surface area (Å²) in [6.45, 7) is 2.02. The van der Waals surface area contributed by atoms with Crippen LogP contribution in [-0.2, 0) is 19.3 Å². The van der Waals surface area contributed by atoms with Crippen LogP contribution in [0.25, 0.3) is 10.9 Å². The van der Waals surface area contributed by atoms with E-state index in [1.54, 1.807) is 11.1 Å². The van der Waals surface area contributed by atoms with Gasteiger partial charge in [-0.25, -0.2) is 0 Å². The van der Waals surface area contributed by atoms with Crippen LogP contribution in [-0.4, -0.2) is 10.7 Å². The van der Waals surface area contributed by atoms with Gasteiger partial charge in [-0.1, -0.05) is 24.3 Å². The number of pyridine rings is 1. The van der Waals surface area contributed by atoms with Gasteiger partial charge >= 0.3 is 0 Å². The molecule has 0 saturated heterocycles. The summed E-state index contributed by atoms with van der Waals surface area (Å²) in [6, 6.07) is 13.0. The maximum absolute atomic E-state index is 6.14. The van der Waals surface area contributed by atoms with Gasteiger partial charge in [0.15, 0.2) is 0 Å². The van der Waals surface area contributed by atoms with E-state index < -0.39 is 0 Å². The van der Waals surface area contributed by atoms with Crippen LogP contribution < -0.4 is 5.73 Å². The van der Waals surface area contributed by atoms with Gasteiger partial charge in [-0.2, -0.15) is 0 Å². The van der Waals surface area contributed by atoms with Crippen molar-refractivity contribution in [1.82, 2.24) is 4.98 Å². The van der Waals surface area contributed by atoms with E-state index in [-0.39, 0.29) is 0 Å². The topological polar surface area (TPSA) is 38.9 Å². The molecule has 0 radical (unpaired) electrons. The van der Waals surface area contributed by atoms with E-state index in [1.807, 2.05) is 24.9 Å². The van der Waals surface area contributed by atoms with Crippen molar-refractivity contribution in [2.75, 3.05) is 11.5 Å². The molecule has 2 nitrogen and oxygen atoms in total. The first kappa shape index (κ1) is 15.5. The number of anilines is 1. The van der Waals surface area contributed by atoms with Gasteiger partial charge in [0.1, 0.15) is 0 Å². The van der Waals surface area contributed by atoms with Crippen molar-refractivity contribution in [3.63, 3.8) is 0 Å². The number of aryl methyl sites for hydroxylation is 4. The quantitative estimate of drug-likeness (QED) is 0.632. The molecule has 2 aromatic carbocycles. The molecule has 24 heavy (non-hydrogen) atoms. The molecule has 0 bridgehead atoms. The Balaban J connectivity index is 0.000000138. The fourth-order valence-corrected chi connectivity index (χ4v) is 4.69. The van der Waals surface area contributed by atoms with Crippen LogP contribution in [0.5, 0.6) is 0 Å². The SMILES string of the molecule is Cc1cnc2ccc3c(c2c1N)CCS3.c1ccc2c(c1)CCC2. The molecule has 2 heterocycles. The Hall–Kier alpha value is -2.00. The number of fused-ring (bicyclic) bond motifs is 4. The Morgan fingerprint density at radius 2 is 1.75 bits per heavy atom. The van der Waals surface area contributed by atoms with Gasteiger partial charge in [0.2, 0.25) is 0 Å². The van der Waals surface area contributed by atoms with Crippen molar-refractivity contribution < 1.29 is 0 Å². The zero-order valence-corrected chi connectivity index (χ0v) is 14.8. The molecular weight excluding hydrogens is 312 g/mol. The van der Waals surface area contributed by atoms with Gasteiger partial charge in [-0.3, -0.25) is 4.98 Å². The number of nitrogens with zero attached hydrogens (tertiary/aromatic N) is 1. The second-order valence-corrected chi connectivity index (χ2v) is 7.65. The summed E-state index contributed by atoms with van der Waals surface area (Å²) in [6.07, 6.45) is 6.94. The molecule has 5 rings (SSSR count). The fraction of sp³-hybridized carbons (Fsp3) is 0.286. The first-order valence-electron chi connectivity index (χ1n) is 8.60. The molecule has 0 amide bonds. The smallest absolute Gasteiger partial charge is 0.0726 e. The predicted octanol–water partition coefficient (Wildman–Crippen LogP) is 4.95. The minimum atomic E-state index is 0.902. The van der Waals surface area contributed by atoms with E-state index in [1.165, 1.54) is 40.9 Å². The minimum absolute atomic E-state index is 0.902. The van der Waals surface area contributed by atoms with Crippen molar-refractivity contribution in [3.05, 3.63) is 64.8 Å². The van der Waals surface area contributed by atoms with Crippen LogP contribution >= 0.6 is 11.8 Å². The second-order valence-electron chi connectivity index (χ2n) is 6.51. The van der Waals surface area contributed by atoms with Crippen molar-refractivity contribution >= 4 is 28.4 Å². The number of thioether (sulfide) groups is 1. The third-order valence-corrected chi connectivity index (χ3v) is 6.06. The van der Waals surface area contributed by atoms with Gasteiger partial charge in [-0.05, 0) is 67.0 Å². The molecule has 2 aliphatic rings. The largest absolute Gasteiger partial charge is 0.398 e. The summed E-state index contributed by atoms with van der Waals surface area (Å²) >= 11 is 1.91. The molecule has 1 aliphatic heterocycles. The van der Waals surface area contributed by atoms with E-state index >= 15 is 0 Å². The van der Waals surface area contributed by atoms with Gasteiger partial charge < -0.3 is 5.73 Å². The Bertz CT molecular complexity index is 879. The molecule has 0 fully saturated rings. The summed E-state index contributed by atoms with van der Waals surface area (Å²) in [5.74, 6) is 1.17. The summed E-state index contributed by atoms with van der Waals surface area (Å²) in [4.78, 5) is 5.81. The van der Waals surface area contributed by atoms with Crippen LogP contribution in [0, 0.1) is 6.92 Å². The van der Waals surface area contributed by atoms with E-state index in [0.29, 0.717) is 0 Å². The average molecular weight is 334 g/mol. The maximum Gasteiger partial charge on any atom is 0.0726 e. The van der Waals surface area contributed by atoms with Crippen LogP contribution in [0.2, 0.25) is 0 Å². The first-order valence-corrected chi connectivity index (χ1v) is 9.59. The van der Waals surface area contributed by atoms with Crippen molar-refractivity contribution in [2.24, 2.45) is 0 Å². The molecule has 0 atom stereocenters. The lowest BCUT2D eigenvalue weighted by atomic mass is 10.0. The lowest BCUT2D eigenvalue weighted by Crippen LogP contribution is -1.96. The summed E-state index contributed by atoms with van der Waals surface area (Å²) < 4.78 is 0. The molecule has 2 N–H and O–H groups in total. The normalized spacial score (nSPS) is 14.9. The number of nitrogens with two attached hydrogens (primary N) is 1. The number of rotatable bonds is 0. The molecule has 0 unspecified atom stereocenters. The number of aromatic nitrogens is 1. The number of benzene rings is 2. The van der Waals surface area contributed by atoms with Crippen molar-refractivity contribution in [2.45, 2.75) is 37.5 Å². The Morgan fingerprint density at radius 3 is 2.50 bits per heavy atom. The Kier molecular flexibility index (Phi) is 4.19. The zero-order chi connectivity index (χ0) is 16.5. The van der Waals surface area contributed by atoms with Gasteiger partial charge in [0.25, 0.3) is 0 Å². The molecule has 122 valence electrons. The fourth-order valence-electron chi connectivity index (χ4n) is 3.62. The summed E-state index contributed by atoms with van der Waals surface area (Å²) in [7, 11) is 0. The summed E-state index contributed by atoms with van der Waals surface area (Å²) in [5.41, 5.74) is 13.7. The first-order chi connectivity index (χ1) is 11.7. The van der Waals surface area contributed by atoms with E-state index in [0.717, 1.165) is 23.2 Å². The van der Waals surface area contributed by atoms with Gasteiger partial charge in [0, 0.05) is 27.9 Å². The van der Waals surface area contributed by atoms with Gasteiger partial charge in [-0.15, -0.1) is 11.8 Å². The van der Waals surface area contributed by atoms with Gasteiger partial charge in [0.05, 0.1) is 5.52 Å². The van der Waals surface area contributed by atoms with E-state index in [9.17, 15) is 0 Å². The van der Waals surface area contributed by atoms with Crippen LogP contribution in [0.15, 0.2) is 47.5 Å². The van der Waals surface area contributed by atoms with Crippen LogP contribution in [0.4, 0.5) is 5.69 Å². The highest BCUT2D eigenvalue weighted by molar-refractivity contribution is 7.99. The van der Waals surface area contributed by atoms with Crippen LogP contribution in [0.1, 0.15) is 28.7 Å². The molecule has 3 heteroatoms. The summed E-state index contributed by atoms with van der Waals surface area (Å²) in [5, 5.41) is 1.18. The number of hydrogen-bond donors (Lipinski definition) is 1. The van der Waals surface area contributed by atoms with Crippen molar-refractivity contribution in [1.29, 1.82) is 0 Å². The average Bonchev–Trinajstić information content (AvgIpc) is 3.26. The maximum atomic E-state index is 6.14. The molecule has 3 aromatic rings. The lowest BCUT2D eigenvalue weighted by molar-refractivity contribution is 0.912. The monoisotopic (exact) mass is 334 g/mol. The molecule has 0 saturated carbocycles. The Labute approximate surface area is 147 Å². The predicted molar refractivity (Wildman–Crippen MR) is 104 cm³/mol. The van der Waals surface area contributed by atoms with Crippen LogP contribution in [0.3, 0.4) is 0 Å². The minimum Gasteiger partial charge on any atom is -0.398 e. The Morgan fingerprint density at radius 1 is 1.00 bits per heavy atom. The van der Waals surface area contributed by atoms with E-state index in [4.69, 9.17) is 5.73 Å². The molecule has 1 aromatic heterocycles. The third kappa shape index (κ3) is 2.78. The number of hydrogen-bond acceptors (Lipinski definition) is 3. The molecule has 1 aliphatic carbocycles.